The van der Waals surface area contributed by atoms with E-state index in [-0.39, 0.29) is 10.8 Å². The van der Waals surface area contributed by atoms with Crippen LogP contribution in [-0.2, 0) is 26.0 Å². The molecule has 3 aliphatic rings. The van der Waals surface area contributed by atoms with Gasteiger partial charge < -0.3 is 10.1 Å². The van der Waals surface area contributed by atoms with Crippen LogP contribution in [0.4, 0.5) is 5.69 Å². The van der Waals surface area contributed by atoms with E-state index in [0.29, 0.717) is 56.1 Å². The molecule has 1 aliphatic carbocycles. The predicted octanol–water partition coefficient (Wildman–Crippen LogP) is 3.03. The van der Waals surface area contributed by atoms with Crippen molar-refractivity contribution >= 4 is 33.0 Å². The van der Waals surface area contributed by atoms with Gasteiger partial charge in [-0.2, -0.15) is 4.31 Å². The Hall–Kier alpha value is -1.78. The maximum Gasteiger partial charge on any atom is 0.243 e. The van der Waals surface area contributed by atoms with Gasteiger partial charge in [-0.25, -0.2) is 8.42 Å². The van der Waals surface area contributed by atoms with E-state index in [1.54, 1.807) is 25.1 Å². The van der Waals surface area contributed by atoms with E-state index in [0.717, 1.165) is 13.0 Å². The quantitative estimate of drug-likeness (QED) is 0.695. The lowest BCUT2D eigenvalue weighted by Gasteiger charge is -2.35. The lowest BCUT2D eigenvalue weighted by Crippen LogP contribution is -2.41. The highest BCUT2D eigenvalue weighted by molar-refractivity contribution is 7.89. The molecular formula is C23H29N3O4S2. The van der Waals surface area contributed by atoms with Crippen molar-refractivity contribution in [2.24, 2.45) is 5.92 Å². The van der Waals surface area contributed by atoms with Crippen molar-refractivity contribution in [3.8, 4) is 0 Å². The van der Waals surface area contributed by atoms with Crippen LogP contribution in [0.5, 0.6) is 0 Å². The summed E-state index contributed by atoms with van der Waals surface area (Å²) in [5, 5.41) is 5.10. The first kappa shape index (κ1) is 22.0. The van der Waals surface area contributed by atoms with Crippen LogP contribution in [0, 0.1) is 12.8 Å². The number of aryl methyl sites for hydroxylation is 1. The molecule has 2 fully saturated rings. The molecule has 0 radical (unpaired) electrons. The molecule has 1 atom stereocenters. The van der Waals surface area contributed by atoms with Gasteiger partial charge in [0.25, 0.3) is 0 Å². The molecule has 1 saturated heterocycles. The first-order valence-electron chi connectivity index (χ1n) is 11.2. The standard InChI is InChI=1S/C23H29N3O4S2/c1-16-2-5-18(14-21(16)32(28,29)26-9-11-30-12-10-26)24-22(27)15-25-8-6-20-19(7-13-31-20)23(25)17-3-4-17/h2,5,7,13-14,17,23H,3-4,6,8-12,15H2,1H3,(H,24,27)/t23-/m1/s1. The molecule has 1 N–H and O–H groups in total. The Labute approximate surface area is 193 Å². The fourth-order valence-corrected chi connectivity index (χ4v) is 7.38. The van der Waals surface area contributed by atoms with Gasteiger partial charge in [-0.3, -0.25) is 9.69 Å². The Morgan fingerprint density at radius 2 is 1.97 bits per heavy atom. The van der Waals surface area contributed by atoms with E-state index in [9.17, 15) is 13.2 Å². The summed E-state index contributed by atoms with van der Waals surface area (Å²) in [4.78, 5) is 16.9. The van der Waals surface area contributed by atoms with Crippen LogP contribution in [0.2, 0.25) is 0 Å². The number of carbonyl (C=O) groups is 1. The molecular weight excluding hydrogens is 446 g/mol. The van der Waals surface area contributed by atoms with Crippen LogP contribution in [0.15, 0.2) is 34.5 Å². The van der Waals surface area contributed by atoms with Crippen LogP contribution >= 0.6 is 11.3 Å². The summed E-state index contributed by atoms with van der Waals surface area (Å²) in [6.07, 6.45) is 3.42. The Bertz CT molecular complexity index is 1100. The summed E-state index contributed by atoms with van der Waals surface area (Å²) >= 11 is 1.82. The number of sulfonamides is 1. The third-order valence-electron chi connectivity index (χ3n) is 6.59. The lowest BCUT2D eigenvalue weighted by molar-refractivity contribution is -0.118. The number of morpholine rings is 1. The Kier molecular flexibility index (Phi) is 6.11. The van der Waals surface area contributed by atoms with E-state index in [2.05, 4.69) is 21.7 Å². The molecule has 172 valence electrons. The molecule has 2 aromatic rings. The number of fused-ring (bicyclic) bond motifs is 1. The molecule has 32 heavy (non-hydrogen) atoms. The van der Waals surface area contributed by atoms with Gasteiger partial charge in [0.1, 0.15) is 0 Å². The minimum absolute atomic E-state index is 0.104. The summed E-state index contributed by atoms with van der Waals surface area (Å²) in [5.41, 5.74) is 2.58. The van der Waals surface area contributed by atoms with E-state index in [4.69, 9.17) is 4.74 Å². The van der Waals surface area contributed by atoms with E-state index in [1.165, 1.54) is 27.6 Å². The van der Waals surface area contributed by atoms with Crippen molar-refractivity contribution in [1.29, 1.82) is 0 Å². The summed E-state index contributed by atoms with van der Waals surface area (Å²) in [6, 6.07) is 7.66. The molecule has 1 aromatic carbocycles. The van der Waals surface area contributed by atoms with Crippen LogP contribution in [0.3, 0.4) is 0 Å². The second-order valence-corrected chi connectivity index (χ2v) is 11.8. The number of rotatable bonds is 6. The minimum Gasteiger partial charge on any atom is -0.379 e. The average Bonchev–Trinajstić information content (AvgIpc) is 3.51. The predicted molar refractivity (Wildman–Crippen MR) is 124 cm³/mol. The number of nitrogens with one attached hydrogen (secondary N) is 1. The molecule has 7 nitrogen and oxygen atoms in total. The van der Waals surface area contributed by atoms with Gasteiger partial charge in [0, 0.05) is 36.2 Å². The summed E-state index contributed by atoms with van der Waals surface area (Å²) in [7, 11) is -3.62. The smallest absolute Gasteiger partial charge is 0.243 e. The SMILES string of the molecule is Cc1ccc(NC(=O)CN2CCc3sccc3[C@H]2C2CC2)cc1S(=O)(=O)N1CCOCC1. The number of ether oxygens (including phenoxy) is 1. The molecule has 0 unspecified atom stereocenters. The Balaban J connectivity index is 1.30. The van der Waals surface area contributed by atoms with Gasteiger partial charge in [-0.1, -0.05) is 6.07 Å². The zero-order chi connectivity index (χ0) is 22.3. The second-order valence-electron chi connectivity index (χ2n) is 8.85. The number of hydrogen-bond acceptors (Lipinski definition) is 6. The molecule has 2 aliphatic heterocycles. The van der Waals surface area contributed by atoms with Gasteiger partial charge in [0.2, 0.25) is 15.9 Å². The zero-order valence-electron chi connectivity index (χ0n) is 18.2. The maximum atomic E-state index is 13.1. The highest BCUT2D eigenvalue weighted by Crippen LogP contribution is 2.48. The van der Waals surface area contributed by atoms with Crippen LogP contribution in [0.25, 0.3) is 0 Å². The fourth-order valence-electron chi connectivity index (χ4n) is 4.81. The van der Waals surface area contributed by atoms with E-state index >= 15 is 0 Å². The normalized spacial score (nSPS) is 22.5. The molecule has 9 heteroatoms. The van der Waals surface area contributed by atoms with Crippen molar-refractivity contribution in [3.63, 3.8) is 0 Å². The number of hydrogen-bond donors (Lipinski definition) is 1. The average molecular weight is 476 g/mol. The molecule has 5 rings (SSSR count). The number of anilines is 1. The molecule has 1 amide bonds. The molecule has 0 bridgehead atoms. The highest BCUT2D eigenvalue weighted by Gasteiger charge is 2.40. The number of carbonyl (C=O) groups excluding carboxylic acids is 1. The first-order chi connectivity index (χ1) is 15.4. The monoisotopic (exact) mass is 475 g/mol. The molecule has 3 heterocycles. The second kappa shape index (κ2) is 8.87. The van der Waals surface area contributed by atoms with Gasteiger partial charge in [-0.05, 0) is 66.8 Å². The van der Waals surface area contributed by atoms with Crippen LogP contribution in [-0.4, -0.2) is 62.9 Å². The largest absolute Gasteiger partial charge is 0.379 e. The van der Waals surface area contributed by atoms with E-state index in [1.807, 2.05) is 11.3 Å². The minimum atomic E-state index is -3.62. The van der Waals surface area contributed by atoms with Gasteiger partial charge >= 0.3 is 0 Å². The van der Waals surface area contributed by atoms with Crippen molar-refractivity contribution in [1.82, 2.24) is 9.21 Å². The third-order valence-corrected chi connectivity index (χ3v) is 9.63. The number of thiophene rings is 1. The number of nitrogens with zero attached hydrogens (tertiary/aromatic N) is 2. The van der Waals surface area contributed by atoms with Crippen molar-refractivity contribution in [2.75, 3.05) is 44.7 Å². The van der Waals surface area contributed by atoms with Crippen LogP contribution < -0.4 is 5.32 Å². The number of amides is 1. The van der Waals surface area contributed by atoms with E-state index < -0.39 is 10.0 Å². The first-order valence-corrected chi connectivity index (χ1v) is 13.5. The molecule has 0 spiro atoms. The van der Waals surface area contributed by atoms with Gasteiger partial charge in [0.15, 0.2) is 0 Å². The summed E-state index contributed by atoms with van der Waals surface area (Å²) < 4.78 is 33.0. The van der Waals surface area contributed by atoms with Crippen molar-refractivity contribution in [3.05, 3.63) is 45.6 Å². The Morgan fingerprint density at radius 3 is 2.72 bits per heavy atom. The lowest BCUT2D eigenvalue weighted by atomic mass is 9.96. The fraction of sp³-hybridized carbons (Fsp3) is 0.522. The maximum absolute atomic E-state index is 13.1. The van der Waals surface area contributed by atoms with Crippen LogP contribution in [0.1, 0.15) is 34.9 Å². The van der Waals surface area contributed by atoms with Crippen molar-refractivity contribution in [2.45, 2.75) is 37.1 Å². The van der Waals surface area contributed by atoms with Gasteiger partial charge in [0.05, 0.1) is 24.7 Å². The zero-order valence-corrected chi connectivity index (χ0v) is 19.9. The third kappa shape index (κ3) is 4.36. The molecule has 1 aromatic heterocycles. The Morgan fingerprint density at radius 1 is 1.19 bits per heavy atom. The summed E-state index contributed by atoms with van der Waals surface area (Å²) in [5.74, 6) is 0.536. The topological polar surface area (TPSA) is 79.0 Å². The van der Waals surface area contributed by atoms with Crippen molar-refractivity contribution < 1.29 is 17.9 Å². The number of benzene rings is 1. The molecule has 1 saturated carbocycles. The highest BCUT2D eigenvalue weighted by atomic mass is 32.2. The summed E-state index contributed by atoms with van der Waals surface area (Å²) in [6.45, 7) is 4.48. The van der Waals surface area contributed by atoms with Gasteiger partial charge in [-0.15, -0.1) is 11.3 Å².